The van der Waals surface area contributed by atoms with E-state index >= 15 is 0 Å². The van der Waals surface area contributed by atoms with E-state index in [1.807, 2.05) is 0 Å². The highest BCUT2D eigenvalue weighted by Gasteiger charge is 2.38. The molecule has 112 valence electrons. The number of nitrogens with zero attached hydrogens (tertiary/aromatic N) is 1. The molecule has 6 nitrogen and oxygen atoms in total. The third-order valence-corrected chi connectivity index (χ3v) is 3.60. The van der Waals surface area contributed by atoms with Crippen molar-refractivity contribution in [2.24, 2.45) is 0 Å². The summed E-state index contributed by atoms with van der Waals surface area (Å²) in [4.78, 5) is 37.2. The number of carbonyl (C=O) groups excluding carboxylic acids is 3. The molecule has 1 aromatic heterocycles. The molecule has 0 bridgehead atoms. The lowest BCUT2D eigenvalue weighted by atomic mass is 10.1. The predicted molar refractivity (Wildman–Crippen MR) is 77.4 cm³/mol. The molecule has 2 aromatic rings. The fourth-order valence-electron chi connectivity index (χ4n) is 2.23. The van der Waals surface area contributed by atoms with Crippen molar-refractivity contribution in [3.63, 3.8) is 0 Å². The van der Waals surface area contributed by atoms with Crippen LogP contribution in [-0.4, -0.2) is 29.2 Å². The minimum atomic E-state index is -0.557. The topological polar surface area (TPSA) is 79.6 Å². The van der Waals surface area contributed by atoms with Gasteiger partial charge in [-0.1, -0.05) is 17.7 Å². The number of hydrogen-bond acceptors (Lipinski definition) is 4. The number of furan rings is 1. The van der Waals surface area contributed by atoms with Crippen LogP contribution in [0, 0.1) is 0 Å². The second kappa shape index (κ2) is 5.65. The van der Waals surface area contributed by atoms with E-state index in [1.54, 1.807) is 18.2 Å². The highest BCUT2D eigenvalue weighted by Crippen LogP contribution is 2.28. The van der Waals surface area contributed by atoms with Gasteiger partial charge in [0.15, 0.2) is 0 Å². The molecule has 0 unspecified atom stereocenters. The maximum Gasteiger partial charge on any atom is 0.263 e. The maximum atomic E-state index is 12.2. The lowest BCUT2D eigenvalue weighted by Gasteiger charge is -2.13. The molecule has 1 aliphatic rings. The van der Waals surface area contributed by atoms with Crippen molar-refractivity contribution in [1.29, 1.82) is 0 Å². The zero-order valence-electron chi connectivity index (χ0n) is 11.3. The summed E-state index contributed by atoms with van der Waals surface area (Å²) >= 11 is 5.95. The Balaban J connectivity index is 1.69. The molecule has 0 fully saturated rings. The molecular weight excluding hydrogens is 308 g/mol. The molecule has 0 saturated carbocycles. The van der Waals surface area contributed by atoms with E-state index in [0.29, 0.717) is 5.76 Å². The van der Waals surface area contributed by atoms with Crippen molar-refractivity contribution in [3.05, 3.63) is 58.5 Å². The SMILES string of the molecule is O=C(CN1C(=O)c2cccc(Cl)c2C1=O)NCc1ccco1. The lowest BCUT2D eigenvalue weighted by Crippen LogP contribution is -2.40. The molecule has 0 radical (unpaired) electrons. The standard InChI is InChI=1S/C15H11ClN2O4/c16-11-5-1-4-10-13(11)15(21)18(14(10)20)8-12(19)17-7-9-3-2-6-22-9/h1-6H,7-8H2,(H,17,19). The van der Waals surface area contributed by atoms with Gasteiger partial charge in [0.05, 0.1) is 29.0 Å². The second-order valence-electron chi connectivity index (χ2n) is 4.71. The number of fused-ring (bicyclic) bond motifs is 1. The van der Waals surface area contributed by atoms with Crippen LogP contribution in [-0.2, 0) is 11.3 Å². The molecule has 3 rings (SSSR count). The molecular formula is C15H11ClN2O4. The van der Waals surface area contributed by atoms with Gasteiger partial charge in [0.1, 0.15) is 12.3 Å². The number of rotatable bonds is 4. The van der Waals surface area contributed by atoms with Crippen LogP contribution in [0.25, 0.3) is 0 Å². The zero-order valence-corrected chi connectivity index (χ0v) is 12.1. The van der Waals surface area contributed by atoms with Crippen molar-refractivity contribution in [2.75, 3.05) is 6.54 Å². The summed E-state index contributed by atoms with van der Waals surface area (Å²) in [6.45, 7) is -0.168. The van der Waals surface area contributed by atoms with Gasteiger partial charge in [0.25, 0.3) is 11.8 Å². The normalized spacial score (nSPS) is 13.4. The average molecular weight is 319 g/mol. The van der Waals surface area contributed by atoms with Gasteiger partial charge in [-0.05, 0) is 24.3 Å². The van der Waals surface area contributed by atoms with E-state index < -0.39 is 17.7 Å². The van der Waals surface area contributed by atoms with E-state index in [-0.39, 0.29) is 29.2 Å². The van der Waals surface area contributed by atoms with Crippen LogP contribution < -0.4 is 5.32 Å². The molecule has 0 saturated heterocycles. The maximum absolute atomic E-state index is 12.2. The molecule has 0 spiro atoms. The average Bonchev–Trinajstić information content (AvgIpc) is 3.09. The molecule has 3 amide bonds. The van der Waals surface area contributed by atoms with E-state index in [9.17, 15) is 14.4 Å². The fourth-order valence-corrected chi connectivity index (χ4v) is 2.49. The number of imide groups is 1. The van der Waals surface area contributed by atoms with Crippen LogP contribution in [0.4, 0.5) is 0 Å². The van der Waals surface area contributed by atoms with Crippen LogP contribution in [0.2, 0.25) is 5.02 Å². The first kappa shape index (κ1) is 14.3. The van der Waals surface area contributed by atoms with Crippen LogP contribution in [0.1, 0.15) is 26.5 Å². The summed E-state index contributed by atoms with van der Waals surface area (Å²) < 4.78 is 5.08. The summed E-state index contributed by atoms with van der Waals surface area (Å²) in [6, 6.07) is 8.05. The van der Waals surface area contributed by atoms with Crippen molar-refractivity contribution >= 4 is 29.3 Å². The first-order chi connectivity index (χ1) is 10.6. The van der Waals surface area contributed by atoms with Crippen molar-refractivity contribution in [3.8, 4) is 0 Å². The second-order valence-corrected chi connectivity index (χ2v) is 5.12. The van der Waals surface area contributed by atoms with Gasteiger partial charge in [-0.25, -0.2) is 0 Å². The Morgan fingerprint density at radius 2 is 2.00 bits per heavy atom. The number of halogens is 1. The van der Waals surface area contributed by atoms with E-state index in [4.69, 9.17) is 16.0 Å². The van der Waals surface area contributed by atoms with E-state index in [0.717, 1.165) is 4.90 Å². The molecule has 1 N–H and O–H groups in total. The van der Waals surface area contributed by atoms with Crippen molar-refractivity contribution in [2.45, 2.75) is 6.54 Å². The minimum absolute atomic E-state index is 0.146. The third kappa shape index (κ3) is 2.48. The van der Waals surface area contributed by atoms with Gasteiger partial charge in [0.2, 0.25) is 5.91 Å². The van der Waals surface area contributed by atoms with Gasteiger partial charge < -0.3 is 9.73 Å². The smallest absolute Gasteiger partial charge is 0.263 e. The number of hydrogen-bond donors (Lipinski definition) is 1. The molecule has 1 aromatic carbocycles. The summed E-state index contributed by atoms with van der Waals surface area (Å²) in [5.41, 5.74) is 0.365. The third-order valence-electron chi connectivity index (χ3n) is 3.29. The van der Waals surface area contributed by atoms with Gasteiger partial charge in [-0.2, -0.15) is 0 Å². The highest BCUT2D eigenvalue weighted by atomic mass is 35.5. The Kier molecular flexibility index (Phi) is 3.68. The highest BCUT2D eigenvalue weighted by molar-refractivity contribution is 6.37. The summed E-state index contributed by atoms with van der Waals surface area (Å²) in [7, 11) is 0. The Bertz CT molecular complexity index is 755. The summed E-state index contributed by atoms with van der Waals surface area (Å²) in [5, 5.41) is 2.79. The molecule has 2 heterocycles. The quantitative estimate of drug-likeness (QED) is 0.872. The molecule has 0 atom stereocenters. The summed E-state index contributed by atoms with van der Waals surface area (Å²) in [5.74, 6) is -0.949. The first-order valence-corrected chi connectivity index (χ1v) is 6.89. The Labute approximate surface area is 130 Å². The van der Waals surface area contributed by atoms with E-state index in [1.165, 1.54) is 18.4 Å². The summed E-state index contributed by atoms with van der Waals surface area (Å²) in [6.07, 6.45) is 1.49. The lowest BCUT2D eigenvalue weighted by molar-refractivity contribution is -0.121. The molecule has 22 heavy (non-hydrogen) atoms. The van der Waals surface area contributed by atoms with Crippen molar-refractivity contribution in [1.82, 2.24) is 10.2 Å². The Hall–Kier alpha value is -2.60. The zero-order chi connectivity index (χ0) is 15.7. The Morgan fingerprint density at radius 1 is 1.18 bits per heavy atom. The number of carbonyl (C=O) groups is 3. The van der Waals surface area contributed by atoms with Gasteiger partial charge in [0, 0.05) is 0 Å². The molecule has 0 aliphatic carbocycles. The molecule has 1 aliphatic heterocycles. The fraction of sp³-hybridized carbons (Fsp3) is 0.133. The van der Waals surface area contributed by atoms with Crippen LogP contribution in [0.3, 0.4) is 0 Å². The van der Waals surface area contributed by atoms with Crippen LogP contribution >= 0.6 is 11.6 Å². The van der Waals surface area contributed by atoms with E-state index in [2.05, 4.69) is 5.32 Å². The Morgan fingerprint density at radius 3 is 2.68 bits per heavy atom. The monoisotopic (exact) mass is 318 g/mol. The van der Waals surface area contributed by atoms with Crippen LogP contribution in [0.5, 0.6) is 0 Å². The van der Waals surface area contributed by atoms with Gasteiger partial charge in [-0.3, -0.25) is 19.3 Å². The largest absolute Gasteiger partial charge is 0.467 e. The number of amides is 3. The first-order valence-electron chi connectivity index (χ1n) is 6.51. The molecule has 7 heteroatoms. The van der Waals surface area contributed by atoms with Crippen LogP contribution in [0.15, 0.2) is 41.0 Å². The number of benzene rings is 1. The van der Waals surface area contributed by atoms with Gasteiger partial charge in [-0.15, -0.1) is 0 Å². The number of nitrogens with one attached hydrogen (secondary N) is 1. The predicted octanol–water partition coefficient (Wildman–Crippen LogP) is 1.85. The minimum Gasteiger partial charge on any atom is -0.467 e. The van der Waals surface area contributed by atoms with Gasteiger partial charge >= 0.3 is 0 Å². The van der Waals surface area contributed by atoms with Crippen molar-refractivity contribution < 1.29 is 18.8 Å².